The number of aliphatic hydroxyl groups is 1. The van der Waals surface area contributed by atoms with Gasteiger partial charge in [-0.05, 0) is 48.4 Å². The van der Waals surface area contributed by atoms with Gasteiger partial charge in [0.1, 0.15) is 12.8 Å². The minimum absolute atomic E-state index is 0.125. The van der Waals surface area contributed by atoms with Gasteiger partial charge in [-0.3, -0.25) is 4.79 Å². The number of aliphatic hydroxyl groups excluding tert-OH is 1. The molecule has 2 fully saturated rings. The van der Waals surface area contributed by atoms with E-state index in [-0.39, 0.29) is 24.1 Å². The lowest BCUT2D eigenvalue weighted by Crippen LogP contribution is -2.49. The molecule has 1 aliphatic carbocycles. The minimum Gasteiger partial charge on any atom is -0.387 e. The van der Waals surface area contributed by atoms with Gasteiger partial charge in [0.15, 0.2) is 6.23 Å². The van der Waals surface area contributed by atoms with Crippen molar-refractivity contribution in [3.8, 4) is 0 Å². The Morgan fingerprint density at radius 2 is 2.11 bits per heavy atom. The number of carbonyl (C=O) groups excluding carboxylic acids is 1. The molecule has 4 N–H and O–H groups in total. The number of rotatable bonds is 11. The predicted octanol–water partition coefficient (Wildman–Crippen LogP) is 3.05. The summed E-state index contributed by atoms with van der Waals surface area (Å²) in [4.78, 5) is 14.6. The summed E-state index contributed by atoms with van der Waals surface area (Å²) in [6.45, 7) is 4.62. The first-order valence-electron chi connectivity index (χ1n) is 13.3. The summed E-state index contributed by atoms with van der Waals surface area (Å²) in [5.74, 6) is -0.319. The average Bonchev–Trinajstić information content (AvgIpc) is 3.44. The van der Waals surface area contributed by atoms with E-state index in [9.17, 15) is 9.90 Å². The van der Waals surface area contributed by atoms with Crippen LogP contribution in [0.2, 0.25) is 0 Å². The highest BCUT2D eigenvalue weighted by Crippen LogP contribution is 2.50. The topological polar surface area (TPSA) is 95.1 Å². The van der Waals surface area contributed by atoms with Gasteiger partial charge >= 0.3 is 0 Å². The lowest BCUT2D eigenvalue weighted by molar-refractivity contribution is -0.126. The van der Waals surface area contributed by atoms with Crippen molar-refractivity contribution >= 4 is 11.6 Å². The van der Waals surface area contributed by atoms with Crippen molar-refractivity contribution in [3.63, 3.8) is 0 Å². The van der Waals surface area contributed by atoms with E-state index in [0.717, 1.165) is 37.8 Å². The van der Waals surface area contributed by atoms with E-state index in [4.69, 9.17) is 9.47 Å². The molecular weight excluding hydrogens is 468 g/mol. The van der Waals surface area contributed by atoms with Crippen molar-refractivity contribution < 1.29 is 19.4 Å². The van der Waals surface area contributed by atoms with Crippen molar-refractivity contribution in [2.24, 2.45) is 0 Å². The molecule has 5 rings (SSSR count). The van der Waals surface area contributed by atoms with Crippen LogP contribution in [0.3, 0.4) is 0 Å². The molecule has 2 aliphatic heterocycles. The van der Waals surface area contributed by atoms with E-state index < -0.39 is 12.3 Å². The number of ether oxygens (including phenoxy) is 2. The van der Waals surface area contributed by atoms with Crippen molar-refractivity contribution in [2.75, 3.05) is 31.7 Å². The molecule has 0 unspecified atom stereocenters. The van der Waals surface area contributed by atoms with E-state index in [1.54, 1.807) is 6.20 Å². The maximum Gasteiger partial charge on any atom is 0.247 e. The highest BCUT2D eigenvalue weighted by atomic mass is 16.5. The SMILES string of the molecule is CCc1ccc2c(c1)[C@@H](NC[C@@H](O)[C@@H](NC(=O)/C=C/N1CCOC1)OCc1ccccc1)CC1(CC1)N2. The summed E-state index contributed by atoms with van der Waals surface area (Å²) < 4.78 is 11.3. The van der Waals surface area contributed by atoms with Crippen LogP contribution in [0.15, 0.2) is 60.8 Å². The van der Waals surface area contributed by atoms with Crippen LogP contribution in [0.5, 0.6) is 0 Å². The summed E-state index contributed by atoms with van der Waals surface area (Å²) >= 11 is 0. The van der Waals surface area contributed by atoms with Gasteiger partial charge < -0.3 is 35.4 Å². The molecule has 2 heterocycles. The Balaban J connectivity index is 1.24. The van der Waals surface area contributed by atoms with Gasteiger partial charge in [0, 0.05) is 42.6 Å². The second kappa shape index (κ2) is 11.6. The van der Waals surface area contributed by atoms with Crippen LogP contribution in [-0.2, 0) is 27.3 Å². The first-order valence-corrected chi connectivity index (χ1v) is 13.3. The number of benzene rings is 2. The van der Waals surface area contributed by atoms with Gasteiger partial charge in [-0.2, -0.15) is 0 Å². The van der Waals surface area contributed by atoms with Gasteiger partial charge in [-0.25, -0.2) is 0 Å². The Bertz CT molecular complexity index is 1080. The molecule has 198 valence electrons. The standard InChI is InChI=1S/C29H38N4O4/c1-2-21-8-9-24-23(16-21)25(17-29(32-24)11-12-29)30-18-26(34)28(37-19-22-6-4-3-5-7-22)31-27(35)10-13-33-14-15-36-20-33/h3-10,13,16,25-26,28,30,32,34H,2,11-12,14-15,17-20H2,1H3,(H,31,35)/b13-10+/t25-,26+,28-/m0/s1. The molecule has 1 amide bonds. The van der Waals surface area contributed by atoms with Crippen LogP contribution in [0.4, 0.5) is 5.69 Å². The summed E-state index contributed by atoms with van der Waals surface area (Å²) in [5.41, 5.74) is 4.85. The highest BCUT2D eigenvalue weighted by molar-refractivity contribution is 5.87. The molecule has 1 spiro atoms. The van der Waals surface area contributed by atoms with Gasteiger partial charge in [0.05, 0.1) is 13.2 Å². The van der Waals surface area contributed by atoms with E-state index in [0.29, 0.717) is 19.9 Å². The lowest BCUT2D eigenvalue weighted by atomic mass is 9.89. The molecule has 37 heavy (non-hydrogen) atoms. The highest BCUT2D eigenvalue weighted by Gasteiger charge is 2.47. The van der Waals surface area contributed by atoms with Gasteiger partial charge in [-0.1, -0.05) is 49.4 Å². The smallest absolute Gasteiger partial charge is 0.247 e. The summed E-state index contributed by atoms with van der Waals surface area (Å²) in [6.07, 6.45) is 5.66. The number of nitrogens with one attached hydrogen (secondary N) is 3. The lowest BCUT2D eigenvalue weighted by Gasteiger charge is -2.35. The molecule has 2 aromatic rings. The van der Waals surface area contributed by atoms with Gasteiger partial charge in [0.2, 0.25) is 5.91 Å². The molecule has 3 aliphatic rings. The third-order valence-electron chi connectivity index (χ3n) is 7.44. The molecule has 0 aromatic heterocycles. The molecule has 0 bridgehead atoms. The van der Waals surface area contributed by atoms with Crippen LogP contribution in [0.25, 0.3) is 0 Å². The van der Waals surface area contributed by atoms with Crippen LogP contribution >= 0.6 is 0 Å². The Morgan fingerprint density at radius 1 is 1.27 bits per heavy atom. The minimum atomic E-state index is -0.931. The van der Waals surface area contributed by atoms with E-state index >= 15 is 0 Å². The maximum absolute atomic E-state index is 12.7. The van der Waals surface area contributed by atoms with Crippen LogP contribution in [-0.4, -0.2) is 60.2 Å². The number of amides is 1. The first-order chi connectivity index (χ1) is 18.0. The first kappa shape index (κ1) is 25.7. The number of hydrogen-bond acceptors (Lipinski definition) is 7. The van der Waals surface area contributed by atoms with E-state index in [2.05, 4.69) is 41.1 Å². The zero-order valence-corrected chi connectivity index (χ0v) is 21.5. The van der Waals surface area contributed by atoms with Crippen molar-refractivity contribution in [2.45, 2.75) is 63.1 Å². The fraction of sp³-hybridized carbons (Fsp3) is 0.483. The van der Waals surface area contributed by atoms with Crippen molar-refractivity contribution in [3.05, 3.63) is 77.5 Å². The molecule has 2 aromatic carbocycles. The van der Waals surface area contributed by atoms with Crippen LogP contribution < -0.4 is 16.0 Å². The van der Waals surface area contributed by atoms with E-state index in [1.165, 1.54) is 22.9 Å². The molecule has 8 heteroatoms. The molecule has 0 radical (unpaired) electrons. The van der Waals surface area contributed by atoms with E-state index in [1.807, 2.05) is 35.2 Å². The molecule has 3 atom stereocenters. The second-order valence-corrected chi connectivity index (χ2v) is 10.3. The Hall–Kier alpha value is -2.91. The number of aryl methyl sites for hydroxylation is 1. The molecule has 1 saturated carbocycles. The van der Waals surface area contributed by atoms with Crippen molar-refractivity contribution in [1.29, 1.82) is 0 Å². The molecule has 8 nitrogen and oxygen atoms in total. The fourth-order valence-corrected chi connectivity index (χ4v) is 5.02. The van der Waals surface area contributed by atoms with Crippen LogP contribution in [0, 0.1) is 0 Å². The Kier molecular flexibility index (Phi) is 8.10. The number of carbonyl (C=O) groups is 1. The monoisotopic (exact) mass is 506 g/mol. The molecular formula is C29H38N4O4. The third kappa shape index (κ3) is 6.70. The fourth-order valence-electron chi connectivity index (χ4n) is 5.02. The van der Waals surface area contributed by atoms with Gasteiger partial charge in [-0.15, -0.1) is 0 Å². The van der Waals surface area contributed by atoms with Crippen LogP contribution in [0.1, 0.15) is 48.9 Å². The number of fused-ring (bicyclic) bond motifs is 1. The number of hydrogen-bond donors (Lipinski definition) is 4. The maximum atomic E-state index is 12.7. The Morgan fingerprint density at radius 3 is 2.84 bits per heavy atom. The quantitative estimate of drug-likeness (QED) is 0.275. The summed E-state index contributed by atoms with van der Waals surface area (Å²) in [5, 5.41) is 21.3. The number of nitrogens with zero attached hydrogens (tertiary/aromatic N) is 1. The Labute approximate surface area is 219 Å². The van der Waals surface area contributed by atoms with Gasteiger partial charge in [0.25, 0.3) is 0 Å². The normalized spacial score (nSPS) is 21.5. The van der Waals surface area contributed by atoms with Crippen molar-refractivity contribution in [1.82, 2.24) is 15.5 Å². The molecule has 1 saturated heterocycles. The number of anilines is 1. The predicted molar refractivity (Wildman–Crippen MR) is 143 cm³/mol. The zero-order valence-electron chi connectivity index (χ0n) is 21.5. The largest absolute Gasteiger partial charge is 0.387 e. The summed E-state index contributed by atoms with van der Waals surface area (Å²) in [6, 6.07) is 16.5. The average molecular weight is 507 g/mol. The summed E-state index contributed by atoms with van der Waals surface area (Å²) in [7, 11) is 0. The third-order valence-corrected chi connectivity index (χ3v) is 7.44. The zero-order chi connectivity index (χ0) is 25.7. The second-order valence-electron chi connectivity index (χ2n) is 10.3.